The van der Waals surface area contributed by atoms with Crippen molar-refractivity contribution in [1.82, 2.24) is 4.90 Å². The zero-order chi connectivity index (χ0) is 31.5. The highest BCUT2D eigenvalue weighted by atomic mass is 35.5. The molecule has 1 N–H and O–H groups in total. The predicted molar refractivity (Wildman–Crippen MR) is 175 cm³/mol. The van der Waals surface area contributed by atoms with E-state index in [0.717, 1.165) is 54.0 Å². The standard InChI is InChI=1S/C37H43ClN2O5/c1-22(2)45-34-19-32-24(15-33(34)43-4)16-35(41)40(36(32)23-5-9-27(38)10-6-23)28-11-7-25(8-12-28)37(3,42)26-17-29-13-14-30(18-26)39(29)31-20-44-21-31/h5-12,15,19,22,26,29-31,36,42H,13-14,16-18,20-21H2,1-4H3. The Hall–Kier alpha value is -3.10. The molecule has 4 unspecified atom stereocenters. The first-order valence-electron chi connectivity index (χ1n) is 16.3. The number of halogens is 1. The summed E-state index contributed by atoms with van der Waals surface area (Å²) < 4.78 is 17.3. The van der Waals surface area contributed by atoms with Gasteiger partial charge in [-0.25, -0.2) is 0 Å². The third kappa shape index (κ3) is 5.52. The van der Waals surface area contributed by atoms with Gasteiger partial charge < -0.3 is 24.2 Å². The molecular formula is C37H43ClN2O5. The molecule has 7 nitrogen and oxygen atoms in total. The van der Waals surface area contributed by atoms with Crippen LogP contribution in [0.25, 0.3) is 0 Å². The number of hydrogen-bond donors (Lipinski definition) is 1. The van der Waals surface area contributed by atoms with E-state index in [-0.39, 0.29) is 30.4 Å². The zero-order valence-electron chi connectivity index (χ0n) is 26.5. The number of fused-ring (bicyclic) bond motifs is 3. The van der Waals surface area contributed by atoms with Crippen LogP contribution in [0.3, 0.4) is 0 Å². The van der Waals surface area contributed by atoms with Gasteiger partial charge in [-0.15, -0.1) is 0 Å². The number of aliphatic hydroxyl groups is 1. The Bertz CT molecular complexity index is 1540. The van der Waals surface area contributed by atoms with Crippen LogP contribution in [-0.4, -0.2) is 60.5 Å². The van der Waals surface area contributed by atoms with Crippen LogP contribution < -0.4 is 14.4 Å². The van der Waals surface area contributed by atoms with Crippen LogP contribution in [0.5, 0.6) is 11.5 Å². The van der Waals surface area contributed by atoms with E-state index in [0.29, 0.717) is 34.6 Å². The molecule has 3 fully saturated rings. The molecule has 7 rings (SSSR count). The van der Waals surface area contributed by atoms with E-state index < -0.39 is 5.60 Å². The maximum atomic E-state index is 14.0. The second kappa shape index (κ2) is 11.9. The van der Waals surface area contributed by atoms with Gasteiger partial charge in [0.15, 0.2) is 11.5 Å². The van der Waals surface area contributed by atoms with Gasteiger partial charge in [-0.2, -0.15) is 0 Å². The van der Waals surface area contributed by atoms with Crippen molar-refractivity contribution >= 4 is 23.2 Å². The number of rotatable bonds is 8. The van der Waals surface area contributed by atoms with Crippen molar-refractivity contribution in [2.75, 3.05) is 25.2 Å². The Morgan fingerprint density at radius 1 is 0.956 bits per heavy atom. The van der Waals surface area contributed by atoms with E-state index in [1.807, 2.05) is 86.3 Å². The molecular weight excluding hydrogens is 588 g/mol. The first kappa shape index (κ1) is 30.5. The van der Waals surface area contributed by atoms with Gasteiger partial charge in [-0.1, -0.05) is 35.9 Å². The summed E-state index contributed by atoms with van der Waals surface area (Å²) in [7, 11) is 1.62. The molecule has 4 aliphatic rings. The Balaban J connectivity index is 1.21. The molecule has 45 heavy (non-hydrogen) atoms. The summed E-state index contributed by atoms with van der Waals surface area (Å²) in [6, 6.07) is 20.8. The lowest BCUT2D eigenvalue weighted by atomic mass is 9.74. The lowest BCUT2D eigenvalue weighted by Gasteiger charge is -2.49. The van der Waals surface area contributed by atoms with Gasteiger partial charge in [0.05, 0.1) is 50.5 Å². The molecule has 238 valence electrons. The second-order valence-corrected chi connectivity index (χ2v) is 14.1. The average Bonchev–Trinajstić information content (AvgIpc) is 3.22. The number of anilines is 1. The molecule has 0 aromatic heterocycles. The van der Waals surface area contributed by atoms with E-state index in [2.05, 4.69) is 4.90 Å². The van der Waals surface area contributed by atoms with Crippen LogP contribution in [0.1, 0.15) is 74.8 Å². The molecule has 8 heteroatoms. The number of piperidine rings is 1. The number of methoxy groups -OCH3 is 1. The number of benzene rings is 3. The first-order valence-corrected chi connectivity index (χ1v) is 16.6. The van der Waals surface area contributed by atoms with Gasteiger partial charge in [-0.05, 0) is 111 Å². The molecule has 0 saturated carbocycles. The first-order chi connectivity index (χ1) is 21.6. The lowest BCUT2D eigenvalue weighted by Crippen LogP contribution is -2.58. The normalized spacial score (nSPS) is 26.4. The fraction of sp³-hybridized carbons (Fsp3) is 0.486. The summed E-state index contributed by atoms with van der Waals surface area (Å²) in [5.41, 5.74) is 3.56. The van der Waals surface area contributed by atoms with Gasteiger partial charge in [0.25, 0.3) is 0 Å². The summed E-state index contributed by atoms with van der Waals surface area (Å²) >= 11 is 6.29. The maximum Gasteiger partial charge on any atom is 0.232 e. The molecule has 0 radical (unpaired) electrons. The summed E-state index contributed by atoms with van der Waals surface area (Å²) in [4.78, 5) is 18.5. The second-order valence-electron chi connectivity index (χ2n) is 13.6. The molecule has 0 aliphatic carbocycles. The van der Waals surface area contributed by atoms with Crippen molar-refractivity contribution in [2.24, 2.45) is 5.92 Å². The maximum absolute atomic E-state index is 14.0. The zero-order valence-corrected chi connectivity index (χ0v) is 27.3. The Kier molecular flexibility index (Phi) is 8.09. The highest BCUT2D eigenvalue weighted by Gasteiger charge is 2.50. The van der Waals surface area contributed by atoms with Crippen molar-refractivity contribution in [2.45, 2.75) is 88.7 Å². The Labute approximate surface area is 271 Å². The smallest absolute Gasteiger partial charge is 0.232 e. The van der Waals surface area contributed by atoms with Crippen LogP contribution in [0.4, 0.5) is 5.69 Å². The van der Waals surface area contributed by atoms with Crippen LogP contribution in [-0.2, 0) is 21.6 Å². The minimum Gasteiger partial charge on any atom is -0.493 e. The van der Waals surface area contributed by atoms with Crippen molar-refractivity contribution in [1.29, 1.82) is 0 Å². The van der Waals surface area contributed by atoms with Crippen molar-refractivity contribution in [3.63, 3.8) is 0 Å². The third-order valence-corrected chi connectivity index (χ3v) is 10.7. The predicted octanol–water partition coefficient (Wildman–Crippen LogP) is 6.66. The van der Waals surface area contributed by atoms with Gasteiger partial charge in [0.1, 0.15) is 0 Å². The van der Waals surface area contributed by atoms with Crippen molar-refractivity contribution < 1.29 is 24.1 Å². The highest BCUT2D eigenvalue weighted by molar-refractivity contribution is 6.30. The summed E-state index contributed by atoms with van der Waals surface area (Å²) in [6.45, 7) is 7.62. The SMILES string of the molecule is COc1cc2c(cc1OC(C)C)C(c1ccc(Cl)cc1)N(c1ccc(C(C)(O)C3CC4CCC(C3)N4C3COC3)cc1)C(=O)C2. The van der Waals surface area contributed by atoms with E-state index in [4.69, 9.17) is 25.8 Å². The third-order valence-electron chi connectivity index (χ3n) is 10.5. The number of carbonyl (C=O) groups excluding carboxylic acids is 1. The molecule has 4 aliphatic heterocycles. The molecule has 1 amide bonds. The van der Waals surface area contributed by atoms with Gasteiger partial charge in [-0.3, -0.25) is 9.69 Å². The Morgan fingerprint density at radius 2 is 1.62 bits per heavy atom. The monoisotopic (exact) mass is 630 g/mol. The molecule has 4 atom stereocenters. The molecule has 3 aromatic carbocycles. The van der Waals surface area contributed by atoms with E-state index in [1.165, 1.54) is 12.8 Å². The van der Waals surface area contributed by atoms with Gasteiger partial charge in [0.2, 0.25) is 5.91 Å². The Morgan fingerprint density at radius 3 is 2.20 bits per heavy atom. The summed E-state index contributed by atoms with van der Waals surface area (Å²) in [5, 5.41) is 12.6. The van der Waals surface area contributed by atoms with Gasteiger partial charge >= 0.3 is 0 Å². The minimum absolute atomic E-state index is 0.00883. The number of hydrogen-bond acceptors (Lipinski definition) is 6. The van der Waals surface area contributed by atoms with Crippen LogP contribution >= 0.6 is 11.6 Å². The number of nitrogens with zero attached hydrogens (tertiary/aromatic N) is 2. The lowest BCUT2D eigenvalue weighted by molar-refractivity contribution is -0.118. The number of amides is 1. The minimum atomic E-state index is -0.963. The number of carbonyl (C=O) groups is 1. The van der Waals surface area contributed by atoms with E-state index in [9.17, 15) is 9.90 Å². The largest absolute Gasteiger partial charge is 0.493 e. The van der Waals surface area contributed by atoms with Gasteiger partial charge in [0, 0.05) is 22.8 Å². The quantitative estimate of drug-likeness (QED) is 0.300. The fourth-order valence-electron chi connectivity index (χ4n) is 8.19. The van der Waals surface area contributed by atoms with Crippen LogP contribution in [0.2, 0.25) is 5.02 Å². The topological polar surface area (TPSA) is 71.5 Å². The van der Waals surface area contributed by atoms with E-state index >= 15 is 0 Å². The molecule has 0 spiro atoms. The molecule has 3 saturated heterocycles. The summed E-state index contributed by atoms with van der Waals surface area (Å²) in [6.07, 6.45) is 4.59. The molecule has 3 aromatic rings. The van der Waals surface area contributed by atoms with Crippen molar-refractivity contribution in [3.8, 4) is 11.5 Å². The number of ether oxygens (including phenoxy) is 3. The molecule has 4 heterocycles. The van der Waals surface area contributed by atoms with E-state index in [1.54, 1.807) is 7.11 Å². The highest BCUT2D eigenvalue weighted by Crippen LogP contribution is 2.48. The van der Waals surface area contributed by atoms with Crippen LogP contribution in [0.15, 0.2) is 60.7 Å². The van der Waals surface area contributed by atoms with Crippen LogP contribution in [0, 0.1) is 5.92 Å². The molecule has 2 bridgehead atoms. The van der Waals surface area contributed by atoms with Crippen molar-refractivity contribution in [3.05, 3.63) is 87.9 Å². The fourth-order valence-corrected chi connectivity index (χ4v) is 8.31. The average molecular weight is 631 g/mol. The summed E-state index contributed by atoms with van der Waals surface area (Å²) in [5.74, 6) is 1.43.